The first-order valence-corrected chi connectivity index (χ1v) is 7.89. The van der Waals surface area contributed by atoms with Crippen LogP contribution in [-0.4, -0.2) is 18.1 Å². The van der Waals surface area contributed by atoms with E-state index in [1.54, 1.807) is 11.3 Å². The Morgan fingerprint density at radius 2 is 2.17 bits per heavy atom. The monoisotopic (exact) mass is 322 g/mol. The van der Waals surface area contributed by atoms with Gasteiger partial charge in [-0.05, 0) is 44.0 Å². The van der Waals surface area contributed by atoms with Gasteiger partial charge in [-0.25, -0.2) is 4.98 Å². The summed E-state index contributed by atoms with van der Waals surface area (Å²) in [4.78, 5) is 4.75. The van der Waals surface area contributed by atoms with Crippen molar-refractivity contribution >= 4 is 27.3 Å². The van der Waals surface area contributed by atoms with Crippen LogP contribution in [0.5, 0.6) is 0 Å². The van der Waals surface area contributed by atoms with E-state index in [-0.39, 0.29) is 0 Å². The number of aromatic nitrogens is 1. The molecule has 4 heteroatoms. The fraction of sp³-hybridized carbons (Fsp3) is 0.357. The van der Waals surface area contributed by atoms with Gasteiger partial charge in [0.05, 0.1) is 5.69 Å². The molecule has 0 aliphatic carbocycles. The number of halogens is 1. The molecule has 1 aliphatic heterocycles. The molecule has 2 nitrogen and oxygen atoms in total. The maximum Gasteiger partial charge on any atom is 0.123 e. The summed E-state index contributed by atoms with van der Waals surface area (Å²) >= 11 is 5.20. The molecule has 1 aliphatic rings. The van der Waals surface area contributed by atoms with Gasteiger partial charge >= 0.3 is 0 Å². The Balaban J connectivity index is 1.74. The van der Waals surface area contributed by atoms with E-state index in [0.717, 1.165) is 34.9 Å². The van der Waals surface area contributed by atoms with Crippen LogP contribution in [0.3, 0.4) is 0 Å². The van der Waals surface area contributed by atoms with E-state index in [2.05, 4.69) is 50.9 Å². The molecule has 1 atom stereocenters. The second-order valence-electron chi connectivity index (χ2n) is 4.71. The maximum atomic E-state index is 4.75. The maximum absolute atomic E-state index is 4.75. The molecule has 0 saturated carbocycles. The predicted octanol–water partition coefficient (Wildman–Crippen LogP) is 3.72. The van der Waals surface area contributed by atoms with Gasteiger partial charge in [0.25, 0.3) is 0 Å². The number of hydrogen-bond donors (Lipinski definition) is 1. The van der Waals surface area contributed by atoms with Crippen molar-refractivity contribution in [3.05, 3.63) is 39.8 Å². The minimum Gasteiger partial charge on any atom is -0.316 e. The number of rotatable bonds is 3. The first-order chi connectivity index (χ1) is 8.81. The standard InChI is InChI=1S/C14H15BrN2S/c15-12-3-1-11(2-4-12)14-17-13(9-18-14)7-10-5-6-16-8-10/h1-4,9-10,16H,5-8H2. The molecule has 0 amide bonds. The molecule has 1 fully saturated rings. The number of hydrogen-bond acceptors (Lipinski definition) is 3. The molecule has 94 valence electrons. The first-order valence-electron chi connectivity index (χ1n) is 6.22. The summed E-state index contributed by atoms with van der Waals surface area (Å²) in [6.45, 7) is 2.31. The van der Waals surface area contributed by atoms with Crippen molar-refractivity contribution in [2.24, 2.45) is 5.92 Å². The van der Waals surface area contributed by atoms with Crippen molar-refractivity contribution < 1.29 is 0 Å². The molecule has 0 bridgehead atoms. The van der Waals surface area contributed by atoms with Crippen LogP contribution in [0, 0.1) is 5.92 Å². The van der Waals surface area contributed by atoms with Gasteiger partial charge in [-0.3, -0.25) is 0 Å². The lowest BCUT2D eigenvalue weighted by molar-refractivity contribution is 0.573. The van der Waals surface area contributed by atoms with Crippen LogP contribution in [0.4, 0.5) is 0 Å². The van der Waals surface area contributed by atoms with Gasteiger partial charge in [0.2, 0.25) is 0 Å². The molecule has 2 heterocycles. The summed E-state index contributed by atoms with van der Waals surface area (Å²) in [5.41, 5.74) is 2.45. The lowest BCUT2D eigenvalue weighted by Crippen LogP contribution is -2.10. The van der Waals surface area contributed by atoms with Gasteiger partial charge in [0, 0.05) is 15.4 Å². The van der Waals surface area contributed by atoms with Gasteiger partial charge in [-0.15, -0.1) is 11.3 Å². The Labute approximate surface area is 120 Å². The van der Waals surface area contributed by atoms with E-state index in [0.29, 0.717) is 0 Å². The number of nitrogens with zero attached hydrogens (tertiary/aromatic N) is 1. The number of nitrogens with one attached hydrogen (secondary N) is 1. The molecule has 0 radical (unpaired) electrons. The molecule has 1 saturated heterocycles. The van der Waals surface area contributed by atoms with Crippen LogP contribution in [-0.2, 0) is 6.42 Å². The number of benzene rings is 1. The molecule has 1 aromatic heterocycles. The molecule has 1 N–H and O–H groups in total. The van der Waals surface area contributed by atoms with E-state index in [4.69, 9.17) is 4.98 Å². The van der Waals surface area contributed by atoms with Crippen molar-refractivity contribution in [2.45, 2.75) is 12.8 Å². The molecule has 1 aromatic carbocycles. The summed E-state index contributed by atoms with van der Waals surface area (Å²) in [6, 6.07) is 8.36. The van der Waals surface area contributed by atoms with E-state index in [1.807, 2.05) is 0 Å². The van der Waals surface area contributed by atoms with E-state index in [1.165, 1.54) is 17.7 Å². The molecular formula is C14H15BrN2S. The first kappa shape index (κ1) is 12.3. The van der Waals surface area contributed by atoms with Crippen LogP contribution < -0.4 is 5.32 Å². The molecule has 3 rings (SSSR count). The highest BCUT2D eigenvalue weighted by Crippen LogP contribution is 2.26. The fourth-order valence-corrected chi connectivity index (χ4v) is 3.41. The van der Waals surface area contributed by atoms with Crippen LogP contribution >= 0.6 is 27.3 Å². The quantitative estimate of drug-likeness (QED) is 0.931. The smallest absolute Gasteiger partial charge is 0.123 e. The summed E-state index contributed by atoms with van der Waals surface area (Å²) in [5.74, 6) is 0.768. The summed E-state index contributed by atoms with van der Waals surface area (Å²) < 4.78 is 1.11. The molecule has 2 aromatic rings. The summed E-state index contributed by atoms with van der Waals surface area (Å²) in [7, 11) is 0. The average Bonchev–Trinajstić information content (AvgIpc) is 3.02. The van der Waals surface area contributed by atoms with Crippen LogP contribution in [0.15, 0.2) is 34.1 Å². The average molecular weight is 323 g/mol. The lowest BCUT2D eigenvalue weighted by atomic mass is 10.0. The summed E-state index contributed by atoms with van der Waals surface area (Å²) in [5, 5.41) is 6.74. The van der Waals surface area contributed by atoms with Crippen molar-refractivity contribution in [3.8, 4) is 10.6 Å². The lowest BCUT2D eigenvalue weighted by Gasteiger charge is -2.04. The van der Waals surface area contributed by atoms with Gasteiger partial charge in [0.1, 0.15) is 5.01 Å². The summed E-state index contributed by atoms with van der Waals surface area (Å²) in [6.07, 6.45) is 2.39. The van der Waals surface area contributed by atoms with Gasteiger partial charge in [-0.2, -0.15) is 0 Å². The molecule has 18 heavy (non-hydrogen) atoms. The van der Waals surface area contributed by atoms with E-state index in [9.17, 15) is 0 Å². The van der Waals surface area contributed by atoms with Crippen molar-refractivity contribution in [3.63, 3.8) is 0 Å². The van der Waals surface area contributed by atoms with Crippen LogP contribution in [0.2, 0.25) is 0 Å². The highest BCUT2D eigenvalue weighted by Gasteiger charge is 2.16. The highest BCUT2D eigenvalue weighted by atomic mass is 79.9. The second kappa shape index (κ2) is 5.51. The van der Waals surface area contributed by atoms with Gasteiger partial charge in [-0.1, -0.05) is 28.1 Å². The molecule has 0 spiro atoms. The minimum atomic E-state index is 0.768. The Morgan fingerprint density at radius 3 is 2.89 bits per heavy atom. The predicted molar refractivity (Wildman–Crippen MR) is 79.9 cm³/mol. The second-order valence-corrected chi connectivity index (χ2v) is 6.49. The van der Waals surface area contributed by atoms with Crippen molar-refractivity contribution in [2.75, 3.05) is 13.1 Å². The minimum absolute atomic E-state index is 0.768. The third kappa shape index (κ3) is 2.82. The molecular weight excluding hydrogens is 308 g/mol. The van der Waals surface area contributed by atoms with Crippen molar-refractivity contribution in [1.82, 2.24) is 10.3 Å². The zero-order chi connectivity index (χ0) is 12.4. The largest absolute Gasteiger partial charge is 0.316 e. The van der Waals surface area contributed by atoms with Crippen LogP contribution in [0.1, 0.15) is 12.1 Å². The Bertz CT molecular complexity index is 515. The zero-order valence-electron chi connectivity index (χ0n) is 10.0. The SMILES string of the molecule is Brc1ccc(-c2nc(CC3CCNC3)cs2)cc1. The third-order valence-corrected chi connectivity index (χ3v) is 4.77. The third-order valence-electron chi connectivity index (χ3n) is 3.30. The van der Waals surface area contributed by atoms with Crippen LogP contribution in [0.25, 0.3) is 10.6 Å². The van der Waals surface area contributed by atoms with E-state index >= 15 is 0 Å². The normalized spacial score (nSPS) is 19.3. The molecule has 1 unspecified atom stereocenters. The van der Waals surface area contributed by atoms with Crippen molar-refractivity contribution in [1.29, 1.82) is 0 Å². The Morgan fingerprint density at radius 1 is 1.33 bits per heavy atom. The topological polar surface area (TPSA) is 24.9 Å². The van der Waals surface area contributed by atoms with Gasteiger partial charge in [0.15, 0.2) is 0 Å². The Hall–Kier alpha value is -0.710. The fourth-order valence-electron chi connectivity index (χ4n) is 2.31. The zero-order valence-corrected chi connectivity index (χ0v) is 12.4. The number of thiazole rings is 1. The van der Waals surface area contributed by atoms with Gasteiger partial charge < -0.3 is 5.32 Å². The highest BCUT2D eigenvalue weighted by molar-refractivity contribution is 9.10. The van der Waals surface area contributed by atoms with E-state index < -0.39 is 0 Å². The Kier molecular flexibility index (Phi) is 3.77.